The number of amides is 1. The molecule has 1 aromatic carbocycles. The zero-order valence-corrected chi connectivity index (χ0v) is 13.8. The molecule has 1 N–H and O–H groups in total. The van der Waals surface area contributed by atoms with Gasteiger partial charge in [0.05, 0.1) is 16.6 Å². The molecular formula is C16H20ClN3O2. The number of nitrogens with one attached hydrogen (secondary N) is 1. The predicted octanol–water partition coefficient (Wildman–Crippen LogP) is 3.32. The molecule has 1 atom stereocenters. The van der Waals surface area contributed by atoms with Gasteiger partial charge in [-0.1, -0.05) is 11.6 Å². The predicted molar refractivity (Wildman–Crippen MR) is 86.2 cm³/mol. The van der Waals surface area contributed by atoms with Gasteiger partial charge in [-0.3, -0.25) is 0 Å². The number of hydrogen-bond acceptors (Lipinski definition) is 4. The minimum atomic E-state index is -0.497. The van der Waals surface area contributed by atoms with Crippen LogP contribution in [-0.4, -0.2) is 30.8 Å². The third kappa shape index (κ3) is 4.28. The van der Waals surface area contributed by atoms with Gasteiger partial charge < -0.3 is 15.0 Å². The standard InChI is InChI=1S/C16H20ClN3O2/c1-16(2,3)22-15(21)19-12-6-7-20(10-12)13-5-4-11(9-18)14(17)8-13/h4-5,8,12H,6-7,10H2,1-3H3,(H,19,21). The third-order valence-corrected chi connectivity index (χ3v) is 3.66. The number of halogens is 1. The van der Waals surface area contributed by atoms with E-state index in [4.69, 9.17) is 21.6 Å². The fourth-order valence-corrected chi connectivity index (χ4v) is 2.60. The highest BCUT2D eigenvalue weighted by Gasteiger charge is 2.26. The molecule has 1 fully saturated rings. The first-order valence-electron chi connectivity index (χ1n) is 7.22. The first-order valence-corrected chi connectivity index (χ1v) is 7.60. The van der Waals surface area contributed by atoms with Gasteiger partial charge in [-0.25, -0.2) is 4.79 Å². The van der Waals surface area contributed by atoms with E-state index in [1.165, 1.54) is 0 Å². The number of nitrogens with zero attached hydrogens (tertiary/aromatic N) is 2. The highest BCUT2D eigenvalue weighted by Crippen LogP contribution is 2.26. The van der Waals surface area contributed by atoms with Crippen LogP contribution in [0.5, 0.6) is 0 Å². The molecule has 1 aromatic rings. The van der Waals surface area contributed by atoms with Crippen LogP contribution in [0.1, 0.15) is 32.8 Å². The van der Waals surface area contributed by atoms with Crippen molar-refractivity contribution in [2.75, 3.05) is 18.0 Å². The number of hydrogen-bond donors (Lipinski definition) is 1. The Morgan fingerprint density at radius 3 is 2.82 bits per heavy atom. The Labute approximate surface area is 135 Å². The molecule has 0 radical (unpaired) electrons. The average Bonchev–Trinajstić information content (AvgIpc) is 2.84. The van der Waals surface area contributed by atoms with Crippen molar-refractivity contribution in [1.29, 1.82) is 5.26 Å². The van der Waals surface area contributed by atoms with Crippen LogP contribution in [0.15, 0.2) is 18.2 Å². The van der Waals surface area contributed by atoms with Crippen molar-refractivity contribution in [3.05, 3.63) is 28.8 Å². The van der Waals surface area contributed by atoms with Gasteiger partial charge >= 0.3 is 6.09 Å². The Morgan fingerprint density at radius 2 is 2.23 bits per heavy atom. The lowest BCUT2D eigenvalue weighted by atomic mass is 10.2. The summed E-state index contributed by atoms with van der Waals surface area (Å²) in [4.78, 5) is 13.9. The molecule has 0 spiro atoms. The summed E-state index contributed by atoms with van der Waals surface area (Å²) in [5.41, 5.74) is 0.925. The van der Waals surface area contributed by atoms with Crippen molar-refractivity contribution >= 4 is 23.4 Å². The molecule has 1 heterocycles. The number of carbonyl (C=O) groups is 1. The Balaban J connectivity index is 1.94. The Kier molecular flexibility index (Phi) is 4.82. The lowest BCUT2D eigenvalue weighted by molar-refractivity contribution is 0.0509. The molecule has 1 aliphatic rings. The lowest BCUT2D eigenvalue weighted by Crippen LogP contribution is -2.40. The van der Waals surface area contributed by atoms with Crippen LogP contribution in [0.4, 0.5) is 10.5 Å². The van der Waals surface area contributed by atoms with Gasteiger partial charge in [-0.2, -0.15) is 5.26 Å². The van der Waals surface area contributed by atoms with Crippen LogP contribution in [0, 0.1) is 11.3 Å². The van der Waals surface area contributed by atoms with Crippen molar-refractivity contribution in [3.8, 4) is 6.07 Å². The molecule has 1 saturated heterocycles. The molecule has 2 rings (SSSR count). The van der Waals surface area contributed by atoms with Gasteiger partial charge in [0.25, 0.3) is 0 Å². The van der Waals surface area contributed by atoms with Crippen LogP contribution in [0.2, 0.25) is 5.02 Å². The second kappa shape index (κ2) is 6.45. The molecular weight excluding hydrogens is 302 g/mol. The fraction of sp³-hybridized carbons (Fsp3) is 0.500. The fourth-order valence-electron chi connectivity index (χ4n) is 2.38. The molecule has 1 aliphatic heterocycles. The molecule has 0 saturated carbocycles. The average molecular weight is 322 g/mol. The van der Waals surface area contributed by atoms with Crippen molar-refractivity contribution < 1.29 is 9.53 Å². The first-order chi connectivity index (χ1) is 10.3. The SMILES string of the molecule is CC(C)(C)OC(=O)NC1CCN(c2ccc(C#N)c(Cl)c2)C1. The normalized spacial score (nSPS) is 18.0. The van der Waals surface area contributed by atoms with Crippen molar-refractivity contribution in [1.82, 2.24) is 5.32 Å². The van der Waals surface area contributed by atoms with Gasteiger partial charge in [-0.15, -0.1) is 0 Å². The minimum Gasteiger partial charge on any atom is -0.444 e. The molecule has 0 aromatic heterocycles. The van der Waals surface area contributed by atoms with Crippen molar-refractivity contribution in [3.63, 3.8) is 0 Å². The van der Waals surface area contributed by atoms with Crippen molar-refractivity contribution in [2.24, 2.45) is 0 Å². The second-order valence-corrected chi connectivity index (χ2v) is 6.76. The largest absolute Gasteiger partial charge is 0.444 e. The number of anilines is 1. The molecule has 1 unspecified atom stereocenters. The van der Waals surface area contributed by atoms with E-state index in [0.717, 1.165) is 18.7 Å². The number of nitriles is 1. The lowest BCUT2D eigenvalue weighted by Gasteiger charge is -2.22. The van der Waals surface area contributed by atoms with E-state index in [9.17, 15) is 4.79 Å². The molecule has 5 nitrogen and oxygen atoms in total. The molecule has 22 heavy (non-hydrogen) atoms. The quantitative estimate of drug-likeness (QED) is 0.907. The molecule has 1 amide bonds. The number of ether oxygens (including phenoxy) is 1. The summed E-state index contributed by atoms with van der Waals surface area (Å²) in [5.74, 6) is 0. The van der Waals surface area contributed by atoms with E-state index in [1.807, 2.05) is 32.9 Å². The Hall–Kier alpha value is -1.93. The zero-order valence-electron chi connectivity index (χ0n) is 13.0. The second-order valence-electron chi connectivity index (χ2n) is 6.35. The number of benzene rings is 1. The highest BCUT2D eigenvalue weighted by atomic mass is 35.5. The van der Waals surface area contributed by atoms with Crippen LogP contribution in [-0.2, 0) is 4.74 Å². The zero-order chi connectivity index (χ0) is 16.3. The van der Waals surface area contributed by atoms with Crippen LogP contribution >= 0.6 is 11.6 Å². The van der Waals surface area contributed by atoms with E-state index >= 15 is 0 Å². The van der Waals surface area contributed by atoms with Gasteiger partial charge in [-0.05, 0) is 45.4 Å². The van der Waals surface area contributed by atoms with Crippen LogP contribution in [0.3, 0.4) is 0 Å². The van der Waals surface area contributed by atoms with Gasteiger partial charge in [0.1, 0.15) is 11.7 Å². The van der Waals surface area contributed by atoms with E-state index in [2.05, 4.69) is 10.2 Å². The Bertz CT molecular complexity index is 604. The number of rotatable bonds is 2. The maximum absolute atomic E-state index is 11.8. The molecule has 0 bridgehead atoms. The van der Waals surface area contributed by atoms with Gasteiger partial charge in [0.15, 0.2) is 0 Å². The monoisotopic (exact) mass is 321 g/mol. The summed E-state index contributed by atoms with van der Waals surface area (Å²) in [6.45, 7) is 7.04. The van der Waals surface area contributed by atoms with Gasteiger partial charge in [0.2, 0.25) is 0 Å². The van der Waals surface area contributed by atoms with E-state index < -0.39 is 11.7 Å². The molecule has 118 valence electrons. The Morgan fingerprint density at radius 1 is 1.50 bits per heavy atom. The maximum Gasteiger partial charge on any atom is 0.407 e. The summed E-state index contributed by atoms with van der Waals surface area (Å²) >= 11 is 6.06. The molecule has 6 heteroatoms. The van der Waals surface area contributed by atoms with E-state index in [0.29, 0.717) is 17.1 Å². The number of carbonyl (C=O) groups excluding carboxylic acids is 1. The minimum absolute atomic E-state index is 0.0456. The topological polar surface area (TPSA) is 65.4 Å². The highest BCUT2D eigenvalue weighted by molar-refractivity contribution is 6.32. The third-order valence-electron chi connectivity index (χ3n) is 3.35. The van der Waals surface area contributed by atoms with Gasteiger partial charge in [0, 0.05) is 18.8 Å². The molecule has 0 aliphatic carbocycles. The summed E-state index contributed by atoms with van der Waals surface area (Å²) < 4.78 is 5.26. The summed E-state index contributed by atoms with van der Waals surface area (Å²) in [6, 6.07) is 7.47. The summed E-state index contributed by atoms with van der Waals surface area (Å²) in [6.07, 6.45) is 0.453. The number of alkyl carbamates (subject to hydrolysis) is 1. The summed E-state index contributed by atoms with van der Waals surface area (Å²) in [5, 5.41) is 12.2. The van der Waals surface area contributed by atoms with Crippen LogP contribution < -0.4 is 10.2 Å². The van der Waals surface area contributed by atoms with E-state index in [1.54, 1.807) is 12.1 Å². The first kappa shape index (κ1) is 16.4. The van der Waals surface area contributed by atoms with Crippen LogP contribution in [0.25, 0.3) is 0 Å². The van der Waals surface area contributed by atoms with E-state index in [-0.39, 0.29) is 6.04 Å². The summed E-state index contributed by atoms with van der Waals surface area (Å²) in [7, 11) is 0. The van der Waals surface area contributed by atoms with Crippen molar-refractivity contribution in [2.45, 2.75) is 38.8 Å². The smallest absolute Gasteiger partial charge is 0.407 e. The maximum atomic E-state index is 11.8.